The van der Waals surface area contributed by atoms with Crippen molar-refractivity contribution in [2.75, 3.05) is 13.2 Å². The summed E-state index contributed by atoms with van der Waals surface area (Å²) in [6, 6.07) is 10.6. The van der Waals surface area contributed by atoms with E-state index in [0.717, 1.165) is 24.1 Å². The van der Waals surface area contributed by atoms with Gasteiger partial charge >= 0.3 is 6.18 Å². The molecule has 1 aliphatic rings. The highest BCUT2D eigenvalue weighted by Gasteiger charge is 2.30. The lowest BCUT2D eigenvalue weighted by Crippen LogP contribution is -2.31. The van der Waals surface area contributed by atoms with Crippen LogP contribution in [0.4, 0.5) is 13.2 Å². The SMILES string of the molecule is I.NC(=NCc1cccc(C(F)(F)F)c1)NCc1cccc2c1OCCCO2. The van der Waals surface area contributed by atoms with Crippen molar-refractivity contribution < 1.29 is 22.6 Å². The molecule has 1 heterocycles. The Hall–Kier alpha value is -2.17. The van der Waals surface area contributed by atoms with E-state index in [4.69, 9.17) is 15.2 Å². The summed E-state index contributed by atoms with van der Waals surface area (Å²) >= 11 is 0. The third kappa shape index (κ3) is 5.91. The summed E-state index contributed by atoms with van der Waals surface area (Å²) in [6.45, 7) is 1.59. The number of halogens is 4. The summed E-state index contributed by atoms with van der Waals surface area (Å²) in [6.07, 6.45) is -3.57. The normalized spacial score (nSPS) is 14.0. The molecule has 28 heavy (non-hydrogen) atoms. The molecule has 0 fully saturated rings. The van der Waals surface area contributed by atoms with Gasteiger partial charge in [0, 0.05) is 18.5 Å². The topological polar surface area (TPSA) is 68.9 Å². The van der Waals surface area contributed by atoms with Crippen LogP contribution in [0.15, 0.2) is 47.5 Å². The number of nitrogens with one attached hydrogen (secondary N) is 1. The molecule has 0 bridgehead atoms. The molecule has 2 aromatic carbocycles. The van der Waals surface area contributed by atoms with Gasteiger partial charge < -0.3 is 20.5 Å². The first-order valence-electron chi connectivity index (χ1n) is 8.51. The smallest absolute Gasteiger partial charge is 0.416 e. The number of fused-ring (bicyclic) bond motifs is 1. The summed E-state index contributed by atoms with van der Waals surface area (Å²) in [5.41, 5.74) is 6.44. The molecule has 0 aromatic heterocycles. The van der Waals surface area contributed by atoms with Crippen molar-refractivity contribution >= 4 is 29.9 Å². The Balaban J connectivity index is 0.00000280. The summed E-state index contributed by atoms with van der Waals surface area (Å²) in [5, 5.41) is 2.95. The predicted octanol–water partition coefficient (Wildman–Crippen LogP) is 4.09. The minimum Gasteiger partial charge on any atom is -0.490 e. The van der Waals surface area contributed by atoms with Crippen molar-refractivity contribution in [1.82, 2.24) is 5.32 Å². The molecule has 0 amide bonds. The number of aliphatic imine (C=N–C) groups is 1. The monoisotopic (exact) mass is 507 g/mol. The van der Waals surface area contributed by atoms with Crippen LogP contribution in [0, 0.1) is 0 Å². The van der Waals surface area contributed by atoms with Gasteiger partial charge in [0.1, 0.15) is 0 Å². The van der Waals surface area contributed by atoms with Crippen LogP contribution in [-0.2, 0) is 19.3 Å². The van der Waals surface area contributed by atoms with Crippen LogP contribution >= 0.6 is 24.0 Å². The van der Waals surface area contributed by atoms with E-state index in [1.165, 1.54) is 6.07 Å². The minimum absolute atomic E-state index is 0. The van der Waals surface area contributed by atoms with Crippen molar-refractivity contribution in [3.8, 4) is 11.5 Å². The van der Waals surface area contributed by atoms with E-state index in [-0.39, 0.29) is 36.5 Å². The zero-order chi connectivity index (χ0) is 19.3. The van der Waals surface area contributed by atoms with Gasteiger partial charge in [0.15, 0.2) is 17.5 Å². The number of rotatable bonds is 4. The van der Waals surface area contributed by atoms with Crippen LogP contribution < -0.4 is 20.5 Å². The van der Waals surface area contributed by atoms with Crippen LogP contribution in [0.3, 0.4) is 0 Å². The second-order valence-electron chi connectivity index (χ2n) is 6.05. The lowest BCUT2D eigenvalue weighted by atomic mass is 10.1. The Labute approximate surface area is 178 Å². The van der Waals surface area contributed by atoms with E-state index in [1.54, 1.807) is 6.07 Å². The molecule has 0 saturated carbocycles. The second-order valence-corrected chi connectivity index (χ2v) is 6.05. The molecule has 0 radical (unpaired) electrons. The summed E-state index contributed by atoms with van der Waals surface area (Å²) in [5.74, 6) is 1.50. The van der Waals surface area contributed by atoms with Gasteiger partial charge in [-0.05, 0) is 23.8 Å². The standard InChI is InChI=1S/C19H20F3N3O2.HI/c20-19(21,22)15-6-1-4-13(10-15)11-24-18(23)25-12-14-5-2-7-16-17(14)27-9-3-8-26-16;/h1-2,4-7,10H,3,8-9,11-12H2,(H3,23,24,25);1H. The Bertz CT molecular complexity index is 828. The molecule has 9 heteroatoms. The van der Waals surface area contributed by atoms with Gasteiger partial charge in [-0.1, -0.05) is 24.3 Å². The maximum absolute atomic E-state index is 12.7. The first kappa shape index (κ1) is 22.1. The third-order valence-electron chi connectivity index (χ3n) is 4.00. The van der Waals surface area contributed by atoms with E-state index in [2.05, 4.69) is 10.3 Å². The van der Waals surface area contributed by atoms with Crippen molar-refractivity contribution in [2.24, 2.45) is 10.7 Å². The highest BCUT2D eigenvalue weighted by atomic mass is 127. The van der Waals surface area contributed by atoms with Gasteiger partial charge in [-0.3, -0.25) is 0 Å². The van der Waals surface area contributed by atoms with Gasteiger partial charge in [0.05, 0.1) is 25.3 Å². The molecule has 2 aromatic rings. The lowest BCUT2D eigenvalue weighted by Gasteiger charge is -2.13. The van der Waals surface area contributed by atoms with Crippen molar-refractivity contribution in [1.29, 1.82) is 0 Å². The number of hydrogen-bond acceptors (Lipinski definition) is 3. The fraction of sp³-hybridized carbons (Fsp3) is 0.316. The van der Waals surface area contributed by atoms with E-state index in [0.29, 0.717) is 36.8 Å². The van der Waals surface area contributed by atoms with Gasteiger partial charge in [-0.2, -0.15) is 13.2 Å². The van der Waals surface area contributed by atoms with E-state index >= 15 is 0 Å². The number of benzene rings is 2. The number of guanidine groups is 1. The molecule has 3 N–H and O–H groups in total. The Kier molecular flexibility index (Phi) is 7.78. The quantitative estimate of drug-likeness (QED) is 0.372. The number of nitrogens with zero attached hydrogens (tertiary/aromatic N) is 1. The van der Waals surface area contributed by atoms with Crippen molar-refractivity contribution in [3.05, 3.63) is 59.2 Å². The van der Waals surface area contributed by atoms with Gasteiger partial charge in [-0.25, -0.2) is 4.99 Å². The summed E-state index contributed by atoms with van der Waals surface area (Å²) < 4.78 is 49.6. The number of para-hydroxylation sites is 1. The highest BCUT2D eigenvalue weighted by molar-refractivity contribution is 14.0. The molecule has 3 rings (SSSR count). The molecule has 152 valence electrons. The number of alkyl halides is 3. The molecule has 0 atom stereocenters. The molecule has 0 spiro atoms. The first-order valence-corrected chi connectivity index (χ1v) is 8.51. The maximum atomic E-state index is 12.7. The van der Waals surface area contributed by atoms with Gasteiger partial charge in [-0.15, -0.1) is 24.0 Å². The number of hydrogen-bond donors (Lipinski definition) is 2. The maximum Gasteiger partial charge on any atom is 0.416 e. The predicted molar refractivity (Wildman–Crippen MR) is 111 cm³/mol. The molecular formula is C19H21F3IN3O2. The number of ether oxygens (including phenoxy) is 2. The molecule has 0 unspecified atom stereocenters. The van der Waals surface area contributed by atoms with E-state index in [1.807, 2.05) is 18.2 Å². The zero-order valence-electron chi connectivity index (χ0n) is 15.0. The second kappa shape index (κ2) is 9.85. The average Bonchev–Trinajstić information content (AvgIpc) is 2.90. The van der Waals surface area contributed by atoms with Crippen molar-refractivity contribution in [3.63, 3.8) is 0 Å². The minimum atomic E-state index is -4.38. The highest BCUT2D eigenvalue weighted by Crippen LogP contribution is 2.33. The molecular weight excluding hydrogens is 486 g/mol. The fourth-order valence-electron chi connectivity index (χ4n) is 2.66. The Morgan fingerprint density at radius 3 is 2.64 bits per heavy atom. The average molecular weight is 507 g/mol. The third-order valence-corrected chi connectivity index (χ3v) is 4.00. The fourth-order valence-corrected chi connectivity index (χ4v) is 2.66. The van der Waals surface area contributed by atoms with E-state index < -0.39 is 11.7 Å². The van der Waals surface area contributed by atoms with E-state index in [9.17, 15) is 13.2 Å². The zero-order valence-corrected chi connectivity index (χ0v) is 17.3. The molecule has 0 saturated heterocycles. The largest absolute Gasteiger partial charge is 0.490 e. The van der Waals surface area contributed by atoms with Crippen LogP contribution in [0.2, 0.25) is 0 Å². The molecule has 0 aliphatic carbocycles. The molecule has 1 aliphatic heterocycles. The Morgan fingerprint density at radius 1 is 1.11 bits per heavy atom. The summed E-state index contributed by atoms with van der Waals surface area (Å²) in [4.78, 5) is 4.11. The van der Waals surface area contributed by atoms with Crippen molar-refractivity contribution in [2.45, 2.75) is 25.7 Å². The number of nitrogens with two attached hydrogens (primary N) is 1. The van der Waals surface area contributed by atoms with Gasteiger partial charge in [0.2, 0.25) is 0 Å². The lowest BCUT2D eigenvalue weighted by molar-refractivity contribution is -0.137. The van der Waals surface area contributed by atoms with Crippen LogP contribution in [0.5, 0.6) is 11.5 Å². The Morgan fingerprint density at radius 2 is 1.86 bits per heavy atom. The summed E-state index contributed by atoms with van der Waals surface area (Å²) in [7, 11) is 0. The van der Waals surface area contributed by atoms with Crippen LogP contribution in [0.25, 0.3) is 0 Å². The first-order chi connectivity index (χ1) is 12.9. The van der Waals surface area contributed by atoms with Gasteiger partial charge in [0.25, 0.3) is 0 Å². The van der Waals surface area contributed by atoms with Crippen LogP contribution in [-0.4, -0.2) is 19.2 Å². The molecule has 5 nitrogen and oxygen atoms in total. The van der Waals surface area contributed by atoms with Crippen LogP contribution in [0.1, 0.15) is 23.1 Å².